The normalized spacial score (nSPS) is 19.8. The molecule has 0 unspecified atom stereocenters. The molecule has 1 aliphatic rings. The zero-order valence-corrected chi connectivity index (χ0v) is 8.16. The van der Waals surface area contributed by atoms with Crippen molar-refractivity contribution in [1.82, 2.24) is 9.55 Å². The molecule has 13 heavy (non-hydrogen) atoms. The van der Waals surface area contributed by atoms with Gasteiger partial charge in [0.25, 0.3) is 0 Å². The predicted octanol–water partition coefficient (Wildman–Crippen LogP) is 1.28. The fourth-order valence-electron chi connectivity index (χ4n) is 2.15. The summed E-state index contributed by atoms with van der Waals surface area (Å²) in [5, 5.41) is 0. The van der Waals surface area contributed by atoms with Crippen LogP contribution in [0.2, 0.25) is 0 Å². The first-order valence-electron chi connectivity index (χ1n) is 5.04. The Morgan fingerprint density at radius 3 is 2.85 bits per heavy atom. The van der Waals surface area contributed by atoms with E-state index in [4.69, 9.17) is 5.73 Å². The molecule has 0 aromatic carbocycles. The first-order valence-corrected chi connectivity index (χ1v) is 5.04. The van der Waals surface area contributed by atoms with Crippen LogP contribution in [-0.4, -0.2) is 16.1 Å². The van der Waals surface area contributed by atoms with Crippen LogP contribution in [0.4, 0.5) is 0 Å². The molecule has 3 nitrogen and oxygen atoms in total. The molecule has 1 saturated carbocycles. The number of hydrogen-bond acceptors (Lipinski definition) is 2. The molecule has 3 heteroatoms. The SMILES string of the molecule is CCn1ccnc1C1(CN)CCC1. The highest BCUT2D eigenvalue weighted by Crippen LogP contribution is 2.41. The van der Waals surface area contributed by atoms with Gasteiger partial charge in [-0.15, -0.1) is 0 Å². The van der Waals surface area contributed by atoms with Crippen LogP contribution in [0.15, 0.2) is 12.4 Å². The standard InChI is InChI=1S/C10H17N3/c1-2-13-7-6-12-9(13)10(8-11)4-3-5-10/h6-7H,2-5,8,11H2,1H3. The van der Waals surface area contributed by atoms with Gasteiger partial charge in [0.2, 0.25) is 0 Å². The van der Waals surface area contributed by atoms with Crippen molar-refractivity contribution < 1.29 is 0 Å². The summed E-state index contributed by atoms with van der Waals surface area (Å²) in [7, 11) is 0. The smallest absolute Gasteiger partial charge is 0.116 e. The highest BCUT2D eigenvalue weighted by atomic mass is 15.1. The first kappa shape index (κ1) is 8.75. The lowest BCUT2D eigenvalue weighted by Crippen LogP contribution is -2.43. The first-order chi connectivity index (χ1) is 6.32. The van der Waals surface area contributed by atoms with Crippen molar-refractivity contribution in [3.8, 4) is 0 Å². The molecule has 1 fully saturated rings. The maximum atomic E-state index is 5.83. The van der Waals surface area contributed by atoms with Gasteiger partial charge < -0.3 is 10.3 Å². The van der Waals surface area contributed by atoms with E-state index in [1.807, 2.05) is 12.4 Å². The number of nitrogens with two attached hydrogens (primary N) is 1. The van der Waals surface area contributed by atoms with E-state index in [2.05, 4.69) is 16.5 Å². The third-order valence-corrected chi connectivity index (χ3v) is 3.23. The molecule has 1 aliphatic carbocycles. The lowest BCUT2D eigenvalue weighted by atomic mass is 9.68. The summed E-state index contributed by atoms with van der Waals surface area (Å²) < 4.78 is 2.21. The number of aromatic nitrogens is 2. The molecule has 1 aromatic rings. The van der Waals surface area contributed by atoms with Crippen molar-refractivity contribution in [2.45, 2.75) is 38.1 Å². The third-order valence-electron chi connectivity index (χ3n) is 3.23. The van der Waals surface area contributed by atoms with E-state index in [-0.39, 0.29) is 5.41 Å². The zero-order chi connectivity index (χ0) is 9.31. The molecule has 72 valence electrons. The zero-order valence-electron chi connectivity index (χ0n) is 8.16. The second kappa shape index (κ2) is 3.14. The summed E-state index contributed by atoms with van der Waals surface area (Å²) in [5.74, 6) is 1.20. The maximum absolute atomic E-state index is 5.83. The lowest BCUT2D eigenvalue weighted by Gasteiger charge is -2.40. The van der Waals surface area contributed by atoms with Crippen molar-refractivity contribution in [2.75, 3.05) is 6.54 Å². The molecule has 0 saturated heterocycles. The van der Waals surface area contributed by atoms with Gasteiger partial charge in [-0.1, -0.05) is 6.42 Å². The van der Waals surface area contributed by atoms with Crippen LogP contribution in [-0.2, 0) is 12.0 Å². The van der Waals surface area contributed by atoms with Crippen LogP contribution in [0.3, 0.4) is 0 Å². The fraction of sp³-hybridized carbons (Fsp3) is 0.700. The minimum atomic E-state index is 0.208. The molecule has 0 radical (unpaired) electrons. The summed E-state index contributed by atoms with van der Waals surface area (Å²) in [6.07, 6.45) is 7.65. The molecule has 0 amide bonds. The Hall–Kier alpha value is -0.830. The van der Waals surface area contributed by atoms with Gasteiger partial charge >= 0.3 is 0 Å². The van der Waals surface area contributed by atoms with Gasteiger partial charge in [0.05, 0.1) is 0 Å². The lowest BCUT2D eigenvalue weighted by molar-refractivity contribution is 0.230. The number of nitrogens with zero attached hydrogens (tertiary/aromatic N) is 2. The van der Waals surface area contributed by atoms with E-state index in [1.165, 1.54) is 25.1 Å². The third kappa shape index (κ3) is 1.18. The number of aryl methyl sites for hydroxylation is 1. The Kier molecular flexibility index (Phi) is 2.12. The predicted molar refractivity (Wildman–Crippen MR) is 52.5 cm³/mol. The molecule has 0 spiro atoms. The molecule has 2 rings (SSSR count). The van der Waals surface area contributed by atoms with E-state index in [0.29, 0.717) is 0 Å². The van der Waals surface area contributed by atoms with Gasteiger partial charge in [0.1, 0.15) is 5.82 Å². The summed E-state index contributed by atoms with van der Waals surface area (Å²) in [5.41, 5.74) is 6.04. The molecule has 0 aliphatic heterocycles. The molecule has 1 aromatic heterocycles. The number of rotatable bonds is 3. The maximum Gasteiger partial charge on any atom is 0.116 e. The van der Waals surface area contributed by atoms with E-state index in [1.54, 1.807) is 0 Å². The second-order valence-corrected chi connectivity index (χ2v) is 3.87. The molecule has 0 atom stereocenters. The van der Waals surface area contributed by atoms with Gasteiger partial charge in [-0.3, -0.25) is 0 Å². The van der Waals surface area contributed by atoms with Crippen molar-refractivity contribution in [1.29, 1.82) is 0 Å². The highest BCUT2D eigenvalue weighted by molar-refractivity contribution is 5.15. The molecular formula is C10H17N3. The van der Waals surface area contributed by atoms with E-state index in [0.717, 1.165) is 13.1 Å². The summed E-state index contributed by atoms with van der Waals surface area (Å²) in [6.45, 7) is 3.88. The minimum absolute atomic E-state index is 0.208. The van der Waals surface area contributed by atoms with Crippen LogP contribution in [0.5, 0.6) is 0 Å². The van der Waals surface area contributed by atoms with E-state index >= 15 is 0 Å². The van der Waals surface area contributed by atoms with Crippen LogP contribution >= 0.6 is 0 Å². The summed E-state index contributed by atoms with van der Waals surface area (Å²) >= 11 is 0. The molecule has 2 N–H and O–H groups in total. The van der Waals surface area contributed by atoms with Crippen molar-refractivity contribution in [2.24, 2.45) is 5.73 Å². The van der Waals surface area contributed by atoms with Crippen LogP contribution in [0.1, 0.15) is 32.0 Å². The average Bonchev–Trinajstić information content (AvgIpc) is 2.52. The number of hydrogen-bond donors (Lipinski definition) is 1. The Bertz CT molecular complexity index is 281. The van der Waals surface area contributed by atoms with Gasteiger partial charge in [-0.05, 0) is 19.8 Å². The Balaban J connectivity index is 2.32. The largest absolute Gasteiger partial charge is 0.335 e. The molecular weight excluding hydrogens is 162 g/mol. The van der Waals surface area contributed by atoms with Crippen molar-refractivity contribution >= 4 is 0 Å². The van der Waals surface area contributed by atoms with Crippen molar-refractivity contribution in [3.05, 3.63) is 18.2 Å². The Labute approximate surface area is 79.0 Å². The minimum Gasteiger partial charge on any atom is -0.335 e. The van der Waals surface area contributed by atoms with Crippen LogP contribution < -0.4 is 5.73 Å². The van der Waals surface area contributed by atoms with E-state index < -0.39 is 0 Å². The van der Waals surface area contributed by atoms with Crippen LogP contribution in [0, 0.1) is 0 Å². The van der Waals surface area contributed by atoms with Crippen molar-refractivity contribution in [3.63, 3.8) is 0 Å². The summed E-state index contributed by atoms with van der Waals surface area (Å²) in [6, 6.07) is 0. The van der Waals surface area contributed by atoms with Crippen LogP contribution in [0.25, 0.3) is 0 Å². The monoisotopic (exact) mass is 179 g/mol. The Morgan fingerprint density at radius 1 is 1.62 bits per heavy atom. The van der Waals surface area contributed by atoms with Gasteiger partial charge in [0, 0.05) is 30.9 Å². The fourth-order valence-corrected chi connectivity index (χ4v) is 2.15. The van der Waals surface area contributed by atoms with Gasteiger partial charge in [0.15, 0.2) is 0 Å². The molecule has 0 bridgehead atoms. The highest BCUT2D eigenvalue weighted by Gasteiger charge is 2.40. The molecule has 1 heterocycles. The van der Waals surface area contributed by atoms with Gasteiger partial charge in [-0.25, -0.2) is 4.98 Å². The number of imidazole rings is 1. The quantitative estimate of drug-likeness (QED) is 0.759. The van der Waals surface area contributed by atoms with E-state index in [9.17, 15) is 0 Å². The topological polar surface area (TPSA) is 43.8 Å². The van der Waals surface area contributed by atoms with Gasteiger partial charge in [-0.2, -0.15) is 0 Å². The summed E-state index contributed by atoms with van der Waals surface area (Å²) in [4.78, 5) is 4.44. The Morgan fingerprint density at radius 2 is 2.38 bits per heavy atom. The average molecular weight is 179 g/mol. The second-order valence-electron chi connectivity index (χ2n) is 3.87.